The van der Waals surface area contributed by atoms with E-state index in [1.54, 1.807) is 0 Å². The molecule has 15 heavy (non-hydrogen) atoms. The first kappa shape index (κ1) is 11.7. The molecule has 0 fully saturated rings. The van der Waals surface area contributed by atoms with E-state index >= 15 is 0 Å². The molecule has 1 heterocycles. The van der Waals surface area contributed by atoms with Crippen LogP contribution in [0, 0.1) is 0 Å². The van der Waals surface area contributed by atoms with Crippen molar-refractivity contribution >= 4 is 16.0 Å². The van der Waals surface area contributed by atoms with Gasteiger partial charge in [0.25, 0.3) is 10.0 Å². The summed E-state index contributed by atoms with van der Waals surface area (Å²) in [6, 6.07) is 0. The second kappa shape index (κ2) is 4.41. The standard InChI is InChI=1S/C7H11N3O4S/c1-10(3-2-7(11)12)15(13,14)6-4-8-5-9-6/h4-5H,2-3H2,1H3,(H,8,9)(H,11,12). The molecule has 0 saturated heterocycles. The predicted molar refractivity (Wildman–Crippen MR) is 50.7 cm³/mol. The van der Waals surface area contributed by atoms with Crippen LogP contribution < -0.4 is 0 Å². The minimum Gasteiger partial charge on any atom is -0.481 e. The summed E-state index contributed by atoms with van der Waals surface area (Å²) < 4.78 is 24.3. The topological polar surface area (TPSA) is 103 Å². The second-order valence-electron chi connectivity index (χ2n) is 2.89. The lowest BCUT2D eigenvalue weighted by atomic mass is 10.4. The van der Waals surface area contributed by atoms with E-state index in [4.69, 9.17) is 5.11 Å². The fourth-order valence-corrected chi connectivity index (χ4v) is 1.99. The van der Waals surface area contributed by atoms with Crippen LogP contribution >= 0.6 is 0 Å². The summed E-state index contributed by atoms with van der Waals surface area (Å²) in [6.45, 7) is -0.0727. The number of sulfonamides is 1. The average molecular weight is 233 g/mol. The van der Waals surface area contributed by atoms with Crippen molar-refractivity contribution in [3.05, 3.63) is 12.5 Å². The maximum absolute atomic E-state index is 11.7. The third-order valence-corrected chi connectivity index (χ3v) is 3.58. The molecule has 84 valence electrons. The highest BCUT2D eigenvalue weighted by Crippen LogP contribution is 2.09. The fraction of sp³-hybridized carbons (Fsp3) is 0.429. The van der Waals surface area contributed by atoms with Gasteiger partial charge < -0.3 is 10.1 Å². The molecular weight excluding hydrogens is 222 g/mol. The number of aromatic nitrogens is 2. The molecule has 1 aromatic heterocycles. The Kier molecular flexibility index (Phi) is 3.43. The van der Waals surface area contributed by atoms with E-state index in [0.29, 0.717) is 0 Å². The number of aliphatic carboxylic acids is 1. The van der Waals surface area contributed by atoms with Crippen LogP contribution in [0.3, 0.4) is 0 Å². The highest BCUT2D eigenvalue weighted by Gasteiger charge is 2.22. The summed E-state index contributed by atoms with van der Waals surface area (Å²) in [7, 11) is -2.32. The third-order valence-electron chi connectivity index (χ3n) is 1.80. The Balaban J connectivity index is 2.75. The summed E-state index contributed by atoms with van der Waals surface area (Å²) in [5, 5.41) is 8.37. The van der Waals surface area contributed by atoms with Crippen molar-refractivity contribution in [3.63, 3.8) is 0 Å². The van der Waals surface area contributed by atoms with Crippen LogP contribution in [-0.2, 0) is 14.8 Å². The van der Waals surface area contributed by atoms with E-state index in [9.17, 15) is 13.2 Å². The fourth-order valence-electron chi connectivity index (χ4n) is 0.925. The molecule has 0 aliphatic rings. The molecule has 0 bridgehead atoms. The number of imidazole rings is 1. The van der Waals surface area contributed by atoms with Crippen LogP contribution in [0.5, 0.6) is 0 Å². The van der Waals surface area contributed by atoms with Crippen LogP contribution in [0.2, 0.25) is 0 Å². The molecule has 0 unspecified atom stereocenters. The van der Waals surface area contributed by atoms with Gasteiger partial charge in [0.15, 0.2) is 5.03 Å². The number of nitrogens with one attached hydrogen (secondary N) is 1. The Morgan fingerprint density at radius 2 is 2.33 bits per heavy atom. The van der Waals surface area contributed by atoms with E-state index < -0.39 is 16.0 Å². The molecule has 2 N–H and O–H groups in total. The Hall–Kier alpha value is -1.41. The van der Waals surface area contributed by atoms with Crippen molar-refractivity contribution < 1.29 is 18.3 Å². The third kappa shape index (κ3) is 2.77. The van der Waals surface area contributed by atoms with Crippen molar-refractivity contribution in [1.82, 2.24) is 14.3 Å². The zero-order valence-corrected chi connectivity index (χ0v) is 8.86. The molecule has 0 aromatic carbocycles. The SMILES string of the molecule is CN(CCC(=O)O)S(=O)(=O)c1cnc[nH]1. The number of aromatic amines is 1. The van der Waals surface area contributed by atoms with Gasteiger partial charge in [-0.3, -0.25) is 4.79 Å². The summed E-state index contributed by atoms with van der Waals surface area (Å²) in [5.41, 5.74) is 0. The summed E-state index contributed by atoms with van der Waals surface area (Å²) in [6.07, 6.45) is 2.19. The normalized spacial score (nSPS) is 11.9. The van der Waals surface area contributed by atoms with Crippen LogP contribution in [0.25, 0.3) is 0 Å². The van der Waals surface area contributed by atoms with Gasteiger partial charge in [0, 0.05) is 13.6 Å². The Labute approximate surface area is 86.8 Å². The number of carboxylic acid groups (broad SMARTS) is 1. The molecule has 0 aliphatic heterocycles. The zero-order chi connectivity index (χ0) is 11.5. The van der Waals surface area contributed by atoms with Gasteiger partial charge in [0.1, 0.15) is 0 Å². The highest BCUT2D eigenvalue weighted by atomic mass is 32.2. The molecule has 1 rings (SSSR count). The van der Waals surface area contributed by atoms with E-state index in [1.165, 1.54) is 19.6 Å². The average Bonchev–Trinajstić information content (AvgIpc) is 2.66. The van der Waals surface area contributed by atoms with E-state index in [-0.39, 0.29) is 18.0 Å². The van der Waals surface area contributed by atoms with E-state index in [1.807, 2.05) is 0 Å². The molecule has 1 aromatic rings. The van der Waals surface area contributed by atoms with Gasteiger partial charge in [-0.25, -0.2) is 13.4 Å². The van der Waals surface area contributed by atoms with Gasteiger partial charge in [-0.05, 0) is 0 Å². The lowest BCUT2D eigenvalue weighted by Crippen LogP contribution is -2.29. The number of hydrogen-bond acceptors (Lipinski definition) is 4. The van der Waals surface area contributed by atoms with E-state index in [0.717, 1.165) is 4.31 Å². The van der Waals surface area contributed by atoms with Crippen LogP contribution in [-0.4, -0.2) is 47.4 Å². The number of rotatable bonds is 5. The van der Waals surface area contributed by atoms with Crippen molar-refractivity contribution in [3.8, 4) is 0 Å². The summed E-state index contributed by atoms with van der Waals surface area (Å²) in [5.74, 6) is -1.04. The summed E-state index contributed by atoms with van der Waals surface area (Å²) >= 11 is 0. The van der Waals surface area contributed by atoms with Gasteiger partial charge >= 0.3 is 5.97 Å². The van der Waals surface area contributed by atoms with Crippen molar-refractivity contribution in [2.24, 2.45) is 0 Å². The predicted octanol–water partition coefficient (Wildman–Crippen LogP) is -0.495. The number of carboxylic acids is 1. The number of H-pyrrole nitrogens is 1. The molecular formula is C7H11N3O4S. The molecule has 0 aliphatic carbocycles. The maximum atomic E-state index is 11.7. The largest absolute Gasteiger partial charge is 0.481 e. The van der Waals surface area contributed by atoms with Crippen molar-refractivity contribution in [2.75, 3.05) is 13.6 Å². The zero-order valence-electron chi connectivity index (χ0n) is 8.04. The van der Waals surface area contributed by atoms with Gasteiger partial charge in [-0.15, -0.1) is 0 Å². The molecule has 8 heteroatoms. The minimum absolute atomic E-state index is 0.0459. The maximum Gasteiger partial charge on any atom is 0.304 e. The number of nitrogens with zero attached hydrogens (tertiary/aromatic N) is 2. The number of carbonyl (C=O) groups is 1. The van der Waals surface area contributed by atoms with Crippen molar-refractivity contribution in [2.45, 2.75) is 11.4 Å². The van der Waals surface area contributed by atoms with Gasteiger partial charge in [0.2, 0.25) is 0 Å². The molecule has 0 spiro atoms. The Morgan fingerprint density at radius 3 is 2.80 bits per heavy atom. The quantitative estimate of drug-likeness (QED) is 0.714. The van der Waals surface area contributed by atoms with Crippen LogP contribution in [0.4, 0.5) is 0 Å². The first-order valence-corrected chi connectivity index (χ1v) is 5.55. The first-order chi connectivity index (χ1) is 6.94. The molecule has 0 amide bonds. The van der Waals surface area contributed by atoms with Crippen LogP contribution in [0.15, 0.2) is 17.6 Å². The lowest BCUT2D eigenvalue weighted by Gasteiger charge is -2.14. The van der Waals surface area contributed by atoms with E-state index in [2.05, 4.69) is 9.97 Å². The molecule has 0 saturated carbocycles. The Bertz CT molecular complexity index is 425. The monoisotopic (exact) mass is 233 g/mol. The lowest BCUT2D eigenvalue weighted by molar-refractivity contribution is -0.137. The molecule has 0 atom stereocenters. The van der Waals surface area contributed by atoms with Crippen molar-refractivity contribution in [1.29, 1.82) is 0 Å². The van der Waals surface area contributed by atoms with Gasteiger partial charge in [-0.2, -0.15) is 4.31 Å². The molecule has 7 nitrogen and oxygen atoms in total. The highest BCUT2D eigenvalue weighted by molar-refractivity contribution is 7.89. The smallest absolute Gasteiger partial charge is 0.304 e. The van der Waals surface area contributed by atoms with Gasteiger partial charge in [-0.1, -0.05) is 0 Å². The van der Waals surface area contributed by atoms with Crippen LogP contribution in [0.1, 0.15) is 6.42 Å². The second-order valence-corrected chi connectivity index (χ2v) is 4.90. The minimum atomic E-state index is -3.64. The molecule has 0 radical (unpaired) electrons. The summed E-state index contributed by atoms with van der Waals surface area (Å²) in [4.78, 5) is 16.3. The van der Waals surface area contributed by atoms with Gasteiger partial charge in [0.05, 0.1) is 18.9 Å². The Morgan fingerprint density at radius 1 is 1.67 bits per heavy atom. The first-order valence-electron chi connectivity index (χ1n) is 4.11. The number of hydrogen-bond donors (Lipinski definition) is 2.